The van der Waals surface area contributed by atoms with Crippen LogP contribution in [-0.2, 0) is 22.7 Å². The van der Waals surface area contributed by atoms with Gasteiger partial charge in [-0.05, 0) is 18.1 Å². The number of hydrogen-bond acceptors (Lipinski definition) is 3. The number of benzene rings is 1. The molecule has 0 amide bonds. The molecule has 0 unspecified atom stereocenters. The lowest BCUT2D eigenvalue weighted by Crippen LogP contribution is -2.32. The summed E-state index contributed by atoms with van der Waals surface area (Å²) >= 11 is 0. The van der Waals surface area contributed by atoms with E-state index in [1.54, 1.807) is 0 Å². The van der Waals surface area contributed by atoms with Crippen LogP contribution in [0.25, 0.3) is 0 Å². The molecule has 0 heterocycles. The molecule has 1 aromatic rings. The number of alkyl halides is 3. The zero-order valence-electron chi connectivity index (χ0n) is 9.18. The van der Waals surface area contributed by atoms with E-state index in [4.69, 9.17) is 10.3 Å². The normalized spacial score (nSPS) is 14.5. The molecule has 0 saturated carbocycles. The average Bonchev–Trinajstić information content (AvgIpc) is 2.13. The summed E-state index contributed by atoms with van der Waals surface area (Å²) < 4.78 is 67.6. The highest BCUT2D eigenvalue weighted by Gasteiger charge is 2.33. The van der Waals surface area contributed by atoms with Crippen molar-refractivity contribution >= 4 is 10.1 Å². The van der Waals surface area contributed by atoms with E-state index in [0.29, 0.717) is 0 Å². The Balaban J connectivity index is 2.92. The van der Waals surface area contributed by atoms with E-state index in [0.717, 1.165) is 6.07 Å². The van der Waals surface area contributed by atoms with Crippen LogP contribution in [-0.4, -0.2) is 24.8 Å². The van der Waals surface area contributed by atoms with Gasteiger partial charge in [0.15, 0.2) is 0 Å². The molecule has 18 heavy (non-hydrogen) atoms. The van der Waals surface area contributed by atoms with Crippen molar-refractivity contribution in [1.29, 1.82) is 0 Å². The quantitative estimate of drug-likeness (QED) is 0.820. The molecule has 102 valence electrons. The summed E-state index contributed by atoms with van der Waals surface area (Å²) in [6.07, 6.45) is -4.80. The molecule has 0 saturated heterocycles. The fraction of sp³-hybridized carbons (Fsp3) is 0.400. The molecule has 0 aliphatic rings. The minimum atomic E-state index is -4.52. The molecule has 0 aliphatic heterocycles. The van der Waals surface area contributed by atoms with Crippen molar-refractivity contribution in [1.82, 2.24) is 0 Å². The van der Waals surface area contributed by atoms with E-state index in [1.165, 1.54) is 18.2 Å². The summed E-state index contributed by atoms with van der Waals surface area (Å²) in [5.74, 6) is -0.779. The van der Waals surface area contributed by atoms with Gasteiger partial charge in [0.2, 0.25) is 0 Å². The van der Waals surface area contributed by atoms with Gasteiger partial charge in [-0.1, -0.05) is 18.2 Å². The Labute approximate surface area is 102 Å². The van der Waals surface area contributed by atoms with E-state index >= 15 is 0 Å². The third-order valence-electron chi connectivity index (χ3n) is 2.23. The average molecular weight is 283 g/mol. The molecule has 1 atom stereocenters. The molecule has 4 nitrogen and oxygen atoms in total. The summed E-state index contributed by atoms with van der Waals surface area (Å²) in [6, 6.07) is 3.68. The van der Waals surface area contributed by atoms with Crippen molar-refractivity contribution in [2.24, 2.45) is 5.73 Å². The van der Waals surface area contributed by atoms with Crippen LogP contribution in [0.4, 0.5) is 13.2 Å². The van der Waals surface area contributed by atoms with Crippen LogP contribution in [0.3, 0.4) is 0 Å². The first-order valence-electron chi connectivity index (χ1n) is 4.95. The predicted molar refractivity (Wildman–Crippen MR) is 59.5 cm³/mol. The highest BCUT2D eigenvalue weighted by Crippen LogP contribution is 2.32. The molecule has 8 heteroatoms. The third-order valence-corrected chi connectivity index (χ3v) is 3.08. The van der Waals surface area contributed by atoms with Crippen LogP contribution in [0.1, 0.15) is 11.1 Å². The summed E-state index contributed by atoms with van der Waals surface area (Å²) in [7, 11) is -4.30. The van der Waals surface area contributed by atoms with E-state index in [2.05, 4.69) is 0 Å². The van der Waals surface area contributed by atoms with Gasteiger partial charge < -0.3 is 5.73 Å². The van der Waals surface area contributed by atoms with E-state index in [1.807, 2.05) is 0 Å². The molecule has 0 radical (unpaired) electrons. The Hall–Kier alpha value is -1.12. The Morgan fingerprint density at radius 2 is 1.83 bits per heavy atom. The van der Waals surface area contributed by atoms with Crippen LogP contribution >= 0.6 is 0 Å². The molecular formula is C10H12F3NO3S. The fourth-order valence-electron chi connectivity index (χ4n) is 1.59. The van der Waals surface area contributed by atoms with Crippen molar-refractivity contribution in [3.63, 3.8) is 0 Å². The van der Waals surface area contributed by atoms with Gasteiger partial charge in [-0.25, -0.2) is 0 Å². The van der Waals surface area contributed by atoms with Crippen LogP contribution in [0.15, 0.2) is 24.3 Å². The Morgan fingerprint density at radius 3 is 2.33 bits per heavy atom. The van der Waals surface area contributed by atoms with Gasteiger partial charge in [0, 0.05) is 6.04 Å². The molecule has 3 N–H and O–H groups in total. The van der Waals surface area contributed by atoms with Gasteiger partial charge in [-0.3, -0.25) is 4.55 Å². The van der Waals surface area contributed by atoms with Crippen molar-refractivity contribution in [3.8, 4) is 0 Å². The smallest absolute Gasteiger partial charge is 0.326 e. The Bertz CT molecular complexity index is 513. The molecule has 0 aliphatic carbocycles. The summed E-state index contributed by atoms with van der Waals surface area (Å²) in [6.45, 7) is 0. The van der Waals surface area contributed by atoms with Gasteiger partial charge in [-0.2, -0.15) is 21.6 Å². The number of rotatable bonds is 4. The van der Waals surface area contributed by atoms with Gasteiger partial charge in [-0.15, -0.1) is 0 Å². The second kappa shape index (κ2) is 5.25. The van der Waals surface area contributed by atoms with Crippen molar-refractivity contribution in [3.05, 3.63) is 35.4 Å². The molecule has 0 aromatic heterocycles. The van der Waals surface area contributed by atoms with E-state index in [9.17, 15) is 21.6 Å². The Kier molecular flexibility index (Phi) is 4.36. The van der Waals surface area contributed by atoms with Crippen LogP contribution in [0.5, 0.6) is 0 Å². The van der Waals surface area contributed by atoms with Crippen LogP contribution in [0, 0.1) is 0 Å². The maximum Gasteiger partial charge on any atom is 0.416 e. The zero-order valence-corrected chi connectivity index (χ0v) is 10.0. The van der Waals surface area contributed by atoms with Crippen molar-refractivity contribution in [2.45, 2.75) is 18.6 Å². The monoisotopic (exact) mass is 283 g/mol. The first-order chi connectivity index (χ1) is 8.09. The van der Waals surface area contributed by atoms with Crippen LogP contribution in [0.2, 0.25) is 0 Å². The maximum atomic E-state index is 12.6. The van der Waals surface area contributed by atoms with E-state index in [-0.39, 0.29) is 12.0 Å². The zero-order chi connectivity index (χ0) is 14.0. The minimum absolute atomic E-state index is 0.0962. The minimum Gasteiger partial charge on any atom is -0.326 e. The lowest BCUT2D eigenvalue weighted by Gasteiger charge is -2.15. The molecule has 0 spiro atoms. The first kappa shape index (κ1) is 14.9. The summed E-state index contributed by atoms with van der Waals surface area (Å²) in [5, 5.41) is 0. The fourth-order valence-corrected chi connectivity index (χ4v) is 2.25. The molecule has 1 aromatic carbocycles. The largest absolute Gasteiger partial charge is 0.416 e. The number of halogens is 3. The third kappa shape index (κ3) is 4.63. The topological polar surface area (TPSA) is 80.4 Å². The van der Waals surface area contributed by atoms with Gasteiger partial charge >= 0.3 is 6.18 Å². The molecule has 1 rings (SSSR count). The lowest BCUT2D eigenvalue weighted by atomic mass is 10.0. The predicted octanol–water partition coefficient (Wildman–Crippen LogP) is 1.46. The second-order valence-electron chi connectivity index (χ2n) is 3.87. The molecule has 0 bridgehead atoms. The highest BCUT2D eigenvalue weighted by molar-refractivity contribution is 7.85. The summed E-state index contributed by atoms with van der Waals surface area (Å²) in [5.41, 5.74) is 4.45. The SMILES string of the molecule is N[C@@H](Cc1ccccc1C(F)(F)F)CS(=O)(=O)O. The standard InChI is InChI=1S/C10H12F3NO3S/c11-10(12,13)9-4-2-1-3-7(9)5-8(14)6-18(15,16)17/h1-4,8H,5-6,14H2,(H,15,16,17)/t8-/m0/s1. The van der Waals surface area contributed by atoms with Crippen molar-refractivity contribution in [2.75, 3.05) is 5.75 Å². The maximum absolute atomic E-state index is 12.6. The Morgan fingerprint density at radius 1 is 1.28 bits per heavy atom. The van der Waals surface area contributed by atoms with Gasteiger partial charge in [0.1, 0.15) is 0 Å². The van der Waals surface area contributed by atoms with Gasteiger partial charge in [0.05, 0.1) is 11.3 Å². The van der Waals surface area contributed by atoms with E-state index < -0.39 is 33.7 Å². The molecule has 0 fully saturated rings. The lowest BCUT2D eigenvalue weighted by molar-refractivity contribution is -0.138. The highest BCUT2D eigenvalue weighted by atomic mass is 32.2. The first-order valence-corrected chi connectivity index (χ1v) is 6.56. The summed E-state index contributed by atoms with van der Waals surface area (Å²) in [4.78, 5) is 0. The number of hydrogen-bond donors (Lipinski definition) is 2. The van der Waals surface area contributed by atoms with Crippen molar-refractivity contribution < 1.29 is 26.1 Å². The van der Waals surface area contributed by atoms with Crippen LogP contribution < -0.4 is 5.73 Å². The number of nitrogens with two attached hydrogens (primary N) is 1. The molecular weight excluding hydrogens is 271 g/mol. The second-order valence-corrected chi connectivity index (χ2v) is 5.36. The van der Waals surface area contributed by atoms with Gasteiger partial charge in [0.25, 0.3) is 10.1 Å².